The first kappa shape index (κ1) is 24.6. The maximum atomic E-state index is 13.4. The minimum Gasteiger partial charge on any atom is -0.497 e. The summed E-state index contributed by atoms with van der Waals surface area (Å²) in [6.07, 6.45) is 3.23. The van der Waals surface area contributed by atoms with Gasteiger partial charge in [0.2, 0.25) is 11.8 Å². The van der Waals surface area contributed by atoms with Crippen LogP contribution in [0.25, 0.3) is 0 Å². The number of benzene rings is 1. The maximum Gasteiger partial charge on any atom is 0.334 e. The van der Waals surface area contributed by atoms with Gasteiger partial charge in [-0.25, -0.2) is 14.8 Å². The topological polar surface area (TPSA) is 98.6 Å². The maximum absolute atomic E-state index is 13.4. The van der Waals surface area contributed by atoms with Gasteiger partial charge in [-0.05, 0) is 36.2 Å². The highest BCUT2D eigenvalue weighted by molar-refractivity contribution is 5.91. The number of urea groups is 1. The molecule has 2 atom stereocenters. The van der Waals surface area contributed by atoms with E-state index in [1.165, 1.54) is 0 Å². The fourth-order valence-electron chi connectivity index (χ4n) is 4.71. The molecule has 2 aliphatic rings. The van der Waals surface area contributed by atoms with E-state index < -0.39 is 12.2 Å². The van der Waals surface area contributed by atoms with Gasteiger partial charge in [0, 0.05) is 13.6 Å². The molecule has 2 saturated heterocycles. The van der Waals surface area contributed by atoms with E-state index in [0.717, 1.165) is 24.2 Å². The standard InChI is InChI=1S/C25H33N5O5/c1-4-5-8-21-24(32)28(15-20-7-6-13-35-20)16-22-29(21)23(31)17-27(2)30(22)25(33)26-14-18-9-11-19(34-3)12-10-18/h6-7,9-13,21-22H,4-5,8,14-17H2,1-3H3,(H,26,33)/t21-,22-/m0/s1. The Morgan fingerprint density at radius 1 is 1.20 bits per heavy atom. The normalized spacial score (nSPS) is 20.7. The van der Waals surface area contributed by atoms with Crippen molar-refractivity contribution >= 4 is 17.8 Å². The Bertz CT molecular complexity index is 1030. The van der Waals surface area contributed by atoms with Gasteiger partial charge in [-0.2, -0.15) is 0 Å². The van der Waals surface area contributed by atoms with Crippen molar-refractivity contribution in [1.82, 2.24) is 25.1 Å². The van der Waals surface area contributed by atoms with E-state index in [-0.39, 0.29) is 37.5 Å². The van der Waals surface area contributed by atoms with Crippen LogP contribution in [0.15, 0.2) is 47.1 Å². The van der Waals surface area contributed by atoms with Gasteiger partial charge >= 0.3 is 6.03 Å². The Labute approximate surface area is 205 Å². The monoisotopic (exact) mass is 483 g/mol. The minimum atomic E-state index is -0.609. The lowest BCUT2D eigenvalue weighted by atomic mass is 10.0. The smallest absolute Gasteiger partial charge is 0.334 e. The van der Waals surface area contributed by atoms with E-state index in [9.17, 15) is 14.4 Å². The van der Waals surface area contributed by atoms with Crippen molar-refractivity contribution in [2.24, 2.45) is 0 Å². The fraction of sp³-hybridized carbons (Fsp3) is 0.480. The van der Waals surface area contributed by atoms with Crippen LogP contribution in [-0.4, -0.2) is 77.1 Å². The lowest BCUT2D eigenvalue weighted by Gasteiger charge is -2.54. The molecule has 3 heterocycles. The molecule has 2 fully saturated rings. The zero-order chi connectivity index (χ0) is 24.9. The number of amides is 4. The van der Waals surface area contributed by atoms with Gasteiger partial charge in [0.15, 0.2) is 0 Å². The van der Waals surface area contributed by atoms with Gasteiger partial charge in [-0.15, -0.1) is 0 Å². The fourth-order valence-corrected chi connectivity index (χ4v) is 4.71. The predicted molar refractivity (Wildman–Crippen MR) is 128 cm³/mol. The molecule has 0 saturated carbocycles. The zero-order valence-electron chi connectivity index (χ0n) is 20.5. The van der Waals surface area contributed by atoms with Crippen LogP contribution in [0.5, 0.6) is 5.75 Å². The van der Waals surface area contributed by atoms with Crippen molar-refractivity contribution in [1.29, 1.82) is 0 Å². The molecule has 10 heteroatoms. The molecule has 10 nitrogen and oxygen atoms in total. The number of likely N-dealkylation sites (N-methyl/N-ethyl adjacent to an activating group) is 1. The lowest BCUT2D eigenvalue weighted by Crippen LogP contribution is -2.75. The summed E-state index contributed by atoms with van der Waals surface area (Å²) in [5.74, 6) is 1.14. The number of hydrogen-bond acceptors (Lipinski definition) is 6. The first-order valence-corrected chi connectivity index (χ1v) is 12.0. The number of methoxy groups -OCH3 is 1. The molecule has 35 heavy (non-hydrogen) atoms. The van der Waals surface area contributed by atoms with Gasteiger partial charge in [0.1, 0.15) is 23.7 Å². The molecule has 0 aliphatic carbocycles. The summed E-state index contributed by atoms with van der Waals surface area (Å²) in [4.78, 5) is 43.2. The number of rotatable bonds is 8. The molecule has 4 rings (SSSR count). The van der Waals surface area contributed by atoms with Crippen LogP contribution in [0.3, 0.4) is 0 Å². The van der Waals surface area contributed by atoms with Gasteiger partial charge in [0.05, 0.1) is 33.0 Å². The second-order valence-electron chi connectivity index (χ2n) is 8.90. The van der Waals surface area contributed by atoms with E-state index in [2.05, 4.69) is 12.2 Å². The molecule has 188 valence electrons. The first-order valence-electron chi connectivity index (χ1n) is 12.0. The summed E-state index contributed by atoms with van der Waals surface area (Å²) in [6, 6.07) is 10.1. The quantitative estimate of drug-likeness (QED) is 0.619. The Morgan fingerprint density at radius 2 is 1.97 bits per heavy atom. The van der Waals surface area contributed by atoms with E-state index in [4.69, 9.17) is 9.15 Å². The number of nitrogens with one attached hydrogen (secondary N) is 1. The molecule has 1 aromatic heterocycles. The molecular weight excluding hydrogens is 450 g/mol. The molecule has 1 aromatic carbocycles. The summed E-state index contributed by atoms with van der Waals surface area (Å²) in [6.45, 7) is 2.89. The van der Waals surface area contributed by atoms with Crippen molar-refractivity contribution in [3.63, 3.8) is 0 Å². The Morgan fingerprint density at radius 3 is 2.63 bits per heavy atom. The summed E-state index contributed by atoms with van der Waals surface area (Å²) in [5, 5.41) is 6.15. The number of furan rings is 1. The molecule has 0 unspecified atom stereocenters. The third-order valence-electron chi connectivity index (χ3n) is 6.51. The Kier molecular flexibility index (Phi) is 7.60. The summed E-state index contributed by atoms with van der Waals surface area (Å²) in [5.41, 5.74) is 0.922. The Hall–Kier alpha value is -3.53. The van der Waals surface area contributed by atoms with Gasteiger partial charge in [0.25, 0.3) is 0 Å². The van der Waals surface area contributed by atoms with Crippen LogP contribution in [0.1, 0.15) is 37.5 Å². The van der Waals surface area contributed by atoms with E-state index in [0.29, 0.717) is 18.7 Å². The summed E-state index contributed by atoms with van der Waals surface area (Å²) >= 11 is 0. The number of piperazine rings is 1. The molecule has 2 aliphatic heterocycles. The van der Waals surface area contributed by atoms with Crippen molar-refractivity contribution in [3.8, 4) is 5.75 Å². The van der Waals surface area contributed by atoms with Crippen molar-refractivity contribution < 1.29 is 23.5 Å². The van der Waals surface area contributed by atoms with Gasteiger partial charge in [-0.1, -0.05) is 31.9 Å². The number of hydrazine groups is 1. The second kappa shape index (κ2) is 10.8. The van der Waals surface area contributed by atoms with E-state index >= 15 is 0 Å². The van der Waals surface area contributed by atoms with Crippen molar-refractivity contribution in [2.75, 3.05) is 27.2 Å². The third kappa shape index (κ3) is 5.27. The number of ether oxygens (including phenoxy) is 1. The van der Waals surface area contributed by atoms with E-state index in [1.54, 1.807) is 46.3 Å². The van der Waals surface area contributed by atoms with Crippen LogP contribution in [0.4, 0.5) is 4.79 Å². The number of fused-ring (bicyclic) bond motifs is 1. The van der Waals surface area contributed by atoms with Crippen LogP contribution in [0.2, 0.25) is 0 Å². The third-order valence-corrected chi connectivity index (χ3v) is 6.51. The first-order chi connectivity index (χ1) is 16.9. The predicted octanol–water partition coefficient (Wildman–Crippen LogP) is 2.42. The SMILES string of the molecule is CCCC[C@H]1C(=O)N(Cc2ccco2)C[C@H]2N1C(=O)CN(C)N2C(=O)NCc1ccc(OC)cc1. The number of nitrogens with zero attached hydrogens (tertiary/aromatic N) is 4. The van der Waals surface area contributed by atoms with Gasteiger partial charge < -0.3 is 24.3 Å². The number of hydrogen-bond donors (Lipinski definition) is 1. The number of unbranched alkanes of at least 4 members (excludes halogenated alkanes) is 1. The van der Waals surface area contributed by atoms with Crippen LogP contribution >= 0.6 is 0 Å². The highest BCUT2D eigenvalue weighted by Gasteiger charge is 2.50. The molecule has 0 radical (unpaired) electrons. The average Bonchev–Trinajstić information content (AvgIpc) is 3.36. The molecule has 0 spiro atoms. The van der Waals surface area contributed by atoms with Gasteiger partial charge in [-0.3, -0.25) is 9.59 Å². The summed E-state index contributed by atoms with van der Waals surface area (Å²) < 4.78 is 10.7. The molecule has 0 bridgehead atoms. The molecular formula is C25H33N5O5. The van der Waals surface area contributed by atoms with Crippen molar-refractivity contribution in [3.05, 3.63) is 54.0 Å². The number of carbonyl (C=O) groups excluding carboxylic acids is 3. The van der Waals surface area contributed by atoms with Crippen molar-refractivity contribution in [2.45, 2.75) is 51.5 Å². The molecule has 4 amide bonds. The average molecular weight is 484 g/mol. The van der Waals surface area contributed by atoms with Crippen LogP contribution in [-0.2, 0) is 22.7 Å². The largest absolute Gasteiger partial charge is 0.497 e. The zero-order valence-corrected chi connectivity index (χ0v) is 20.5. The van der Waals surface area contributed by atoms with E-state index in [1.807, 2.05) is 30.3 Å². The minimum absolute atomic E-state index is 0.0283. The Balaban J connectivity index is 1.56. The molecule has 2 aromatic rings. The van der Waals surface area contributed by atoms with Crippen LogP contribution in [0, 0.1) is 0 Å². The van der Waals surface area contributed by atoms with Crippen LogP contribution < -0.4 is 10.1 Å². The second-order valence-corrected chi connectivity index (χ2v) is 8.90. The lowest BCUT2D eigenvalue weighted by molar-refractivity contribution is -0.188. The summed E-state index contributed by atoms with van der Waals surface area (Å²) in [7, 11) is 3.32. The highest BCUT2D eigenvalue weighted by atomic mass is 16.5. The molecule has 1 N–H and O–H groups in total. The number of carbonyl (C=O) groups is 3. The highest BCUT2D eigenvalue weighted by Crippen LogP contribution is 2.29.